The second-order valence-electron chi connectivity index (χ2n) is 8.86. The number of aryl methyl sites for hydroxylation is 1. The van der Waals surface area contributed by atoms with Crippen LogP contribution in [0.4, 0.5) is 0 Å². The molecule has 0 radical (unpaired) electrons. The largest absolute Gasteiger partial charge is 0.374 e. The number of aliphatic hydroxyl groups is 1. The lowest BCUT2D eigenvalue weighted by Gasteiger charge is -2.37. The number of H-pyrrole nitrogens is 1. The molecule has 4 heterocycles. The molecule has 2 atom stereocenters. The number of rotatable bonds is 4. The van der Waals surface area contributed by atoms with Crippen LogP contribution in [0, 0.1) is 18.8 Å². The number of aliphatic hydroxyl groups excluding tert-OH is 1. The van der Waals surface area contributed by atoms with Crippen molar-refractivity contribution in [2.45, 2.75) is 58.6 Å². The summed E-state index contributed by atoms with van der Waals surface area (Å²) in [5.41, 5.74) is 3.03. The summed E-state index contributed by atoms with van der Waals surface area (Å²) in [6, 6.07) is 1.68. The number of likely N-dealkylation sites (tertiary alicyclic amines) is 1. The Hall–Kier alpha value is -1.70. The van der Waals surface area contributed by atoms with Crippen molar-refractivity contribution < 1.29 is 5.11 Å². The molecule has 154 valence electrons. The second kappa shape index (κ2) is 7.97. The van der Waals surface area contributed by atoms with E-state index in [1.54, 1.807) is 6.07 Å². The standard InChI is InChI=1S/C21H33N5O2/c1-13(2)16-5-4-10-25(12-16)21(28)19-14(3)24-26-17(11-18(27)23-20(19)26)15-6-8-22-9-7-15/h11,13,15-16,21-22,28H,4-10,12H2,1-3H3,(H,23,27). The fourth-order valence-corrected chi connectivity index (χ4v) is 4.90. The Morgan fingerprint density at radius 1 is 1.25 bits per heavy atom. The van der Waals surface area contributed by atoms with Gasteiger partial charge in [0.15, 0.2) is 0 Å². The van der Waals surface area contributed by atoms with Crippen molar-refractivity contribution in [1.82, 2.24) is 24.8 Å². The molecule has 0 aromatic carbocycles. The van der Waals surface area contributed by atoms with Gasteiger partial charge in [-0.1, -0.05) is 13.8 Å². The number of fused-ring (bicyclic) bond motifs is 1. The van der Waals surface area contributed by atoms with Crippen molar-refractivity contribution in [3.63, 3.8) is 0 Å². The van der Waals surface area contributed by atoms with Crippen LogP contribution in [0.5, 0.6) is 0 Å². The van der Waals surface area contributed by atoms with E-state index in [4.69, 9.17) is 5.10 Å². The summed E-state index contributed by atoms with van der Waals surface area (Å²) in [5.74, 6) is 1.51. The van der Waals surface area contributed by atoms with E-state index in [1.807, 2.05) is 11.4 Å². The van der Waals surface area contributed by atoms with Gasteiger partial charge >= 0.3 is 0 Å². The van der Waals surface area contributed by atoms with Gasteiger partial charge in [0.25, 0.3) is 5.56 Å². The van der Waals surface area contributed by atoms with Gasteiger partial charge in [-0.05, 0) is 57.5 Å². The molecule has 0 spiro atoms. The monoisotopic (exact) mass is 387 g/mol. The first-order valence-corrected chi connectivity index (χ1v) is 10.7. The van der Waals surface area contributed by atoms with Gasteiger partial charge in [0.2, 0.25) is 0 Å². The van der Waals surface area contributed by atoms with Gasteiger partial charge < -0.3 is 15.4 Å². The van der Waals surface area contributed by atoms with Crippen molar-refractivity contribution >= 4 is 5.65 Å². The molecule has 2 aliphatic heterocycles. The van der Waals surface area contributed by atoms with E-state index in [0.717, 1.165) is 62.4 Å². The Kier molecular flexibility index (Phi) is 5.58. The fraction of sp³-hybridized carbons (Fsp3) is 0.714. The van der Waals surface area contributed by atoms with Gasteiger partial charge in [-0.25, -0.2) is 4.52 Å². The average Bonchev–Trinajstić information content (AvgIpc) is 3.03. The van der Waals surface area contributed by atoms with E-state index in [0.29, 0.717) is 23.4 Å². The molecular weight excluding hydrogens is 354 g/mol. The second-order valence-corrected chi connectivity index (χ2v) is 8.86. The summed E-state index contributed by atoms with van der Waals surface area (Å²) in [7, 11) is 0. The highest BCUT2D eigenvalue weighted by molar-refractivity contribution is 5.52. The van der Waals surface area contributed by atoms with Gasteiger partial charge in [0, 0.05) is 25.1 Å². The van der Waals surface area contributed by atoms with Crippen molar-refractivity contribution in [3.05, 3.63) is 33.4 Å². The van der Waals surface area contributed by atoms with Gasteiger partial charge in [0.1, 0.15) is 11.9 Å². The van der Waals surface area contributed by atoms with E-state index in [9.17, 15) is 9.90 Å². The number of hydrogen-bond donors (Lipinski definition) is 3. The highest BCUT2D eigenvalue weighted by Crippen LogP contribution is 2.32. The molecule has 2 saturated heterocycles. The molecule has 2 fully saturated rings. The van der Waals surface area contributed by atoms with Crippen LogP contribution in [0.2, 0.25) is 0 Å². The number of aromatic nitrogens is 3. The molecule has 2 aliphatic rings. The molecule has 3 N–H and O–H groups in total. The summed E-state index contributed by atoms with van der Waals surface area (Å²) in [6.07, 6.45) is 3.56. The zero-order valence-electron chi connectivity index (χ0n) is 17.2. The molecule has 0 aliphatic carbocycles. The van der Waals surface area contributed by atoms with E-state index < -0.39 is 6.23 Å². The fourth-order valence-electron chi connectivity index (χ4n) is 4.90. The van der Waals surface area contributed by atoms with Crippen LogP contribution in [0.1, 0.15) is 68.6 Å². The first kappa shape index (κ1) is 19.6. The molecule has 2 aromatic heterocycles. The summed E-state index contributed by atoms with van der Waals surface area (Å²) in [5, 5.41) is 19.4. The Morgan fingerprint density at radius 2 is 2.00 bits per heavy atom. The minimum atomic E-state index is -0.738. The summed E-state index contributed by atoms with van der Waals surface area (Å²) >= 11 is 0. The number of hydrogen-bond acceptors (Lipinski definition) is 5. The Morgan fingerprint density at radius 3 is 2.71 bits per heavy atom. The molecule has 7 nitrogen and oxygen atoms in total. The summed E-state index contributed by atoms with van der Waals surface area (Å²) < 4.78 is 1.87. The van der Waals surface area contributed by atoms with Crippen LogP contribution in [-0.2, 0) is 0 Å². The van der Waals surface area contributed by atoms with Gasteiger partial charge in [-0.3, -0.25) is 9.69 Å². The maximum atomic E-state index is 12.4. The highest BCUT2D eigenvalue weighted by Gasteiger charge is 2.31. The molecule has 0 amide bonds. The topological polar surface area (TPSA) is 85.7 Å². The molecule has 0 bridgehead atoms. The van der Waals surface area contributed by atoms with Gasteiger partial charge in [-0.15, -0.1) is 0 Å². The third kappa shape index (κ3) is 3.63. The summed E-state index contributed by atoms with van der Waals surface area (Å²) in [4.78, 5) is 17.5. The predicted molar refractivity (Wildman–Crippen MR) is 109 cm³/mol. The normalized spacial score (nSPS) is 23.5. The van der Waals surface area contributed by atoms with Crippen molar-refractivity contribution in [1.29, 1.82) is 0 Å². The lowest BCUT2D eigenvalue weighted by atomic mass is 9.87. The maximum absolute atomic E-state index is 12.4. The third-order valence-electron chi connectivity index (χ3n) is 6.67. The minimum Gasteiger partial charge on any atom is -0.374 e. The Balaban J connectivity index is 1.72. The predicted octanol–water partition coefficient (Wildman–Crippen LogP) is 2.16. The number of aromatic amines is 1. The zero-order valence-corrected chi connectivity index (χ0v) is 17.2. The number of nitrogens with zero attached hydrogens (tertiary/aromatic N) is 3. The average molecular weight is 388 g/mol. The Labute approximate surface area is 166 Å². The van der Waals surface area contributed by atoms with Crippen LogP contribution in [0.25, 0.3) is 5.65 Å². The van der Waals surface area contributed by atoms with E-state index in [1.165, 1.54) is 6.42 Å². The minimum absolute atomic E-state index is 0.118. The van der Waals surface area contributed by atoms with Crippen LogP contribution in [0.15, 0.2) is 10.9 Å². The van der Waals surface area contributed by atoms with E-state index >= 15 is 0 Å². The van der Waals surface area contributed by atoms with E-state index in [-0.39, 0.29) is 5.56 Å². The molecule has 2 unspecified atom stereocenters. The molecule has 7 heteroatoms. The summed E-state index contributed by atoms with van der Waals surface area (Å²) in [6.45, 7) is 10.1. The molecular formula is C21H33N5O2. The highest BCUT2D eigenvalue weighted by atomic mass is 16.3. The molecule has 4 rings (SSSR count). The van der Waals surface area contributed by atoms with Crippen LogP contribution in [0.3, 0.4) is 0 Å². The van der Waals surface area contributed by atoms with Crippen molar-refractivity contribution in [2.75, 3.05) is 26.2 Å². The van der Waals surface area contributed by atoms with E-state index in [2.05, 4.69) is 29.0 Å². The van der Waals surface area contributed by atoms with Crippen LogP contribution in [-0.4, -0.2) is 50.8 Å². The lowest BCUT2D eigenvalue weighted by Crippen LogP contribution is -2.40. The molecule has 0 saturated carbocycles. The van der Waals surface area contributed by atoms with Crippen LogP contribution >= 0.6 is 0 Å². The third-order valence-corrected chi connectivity index (χ3v) is 6.67. The molecule has 2 aromatic rings. The van der Waals surface area contributed by atoms with Gasteiger partial charge in [0.05, 0.1) is 17.0 Å². The lowest BCUT2D eigenvalue weighted by molar-refractivity contribution is -0.0294. The maximum Gasteiger partial charge on any atom is 0.251 e. The zero-order chi connectivity index (χ0) is 19.8. The molecule has 28 heavy (non-hydrogen) atoms. The number of nitrogens with one attached hydrogen (secondary N) is 2. The Bertz CT molecular complexity index is 881. The first-order chi connectivity index (χ1) is 13.5. The van der Waals surface area contributed by atoms with Gasteiger partial charge in [-0.2, -0.15) is 5.10 Å². The van der Waals surface area contributed by atoms with Crippen molar-refractivity contribution in [3.8, 4) is 0 Å². The quantitative estimate of drug-likeness (QED) is 0.749. The van der Waals surface area contributed by atoms with Crippen molar-refractivity contribution in [2.24, 2.45) is 11.8 Å². The first-order valence-electron chi connectivity index (χ1n) is 10.7. The SMILES string of the molecule is Cc1nn2c(C3CCNCC3)cc(=O)[nH]c2c1C(O)N1CCCC(C(C)C)C1. The van der Waals surface area contributed by atoms with Crippen LogP contribution < -0.4 is 10.9 Å². The number of piperidine rings is 2. The smallest absolute Gasteiger partial charge is 0.251 e.